The van der Waals surface area contributed by atoms with E-state index in [4.69, 9.17) is 5.10 Å². The van der Waals surface area contributed by atoms with Crippen molar-refractivity contribution in [1.82, 2.24) is 24.5 Å². The van der Waals surface area contributed by atoms with Crippen molar-refractivity contribution in [2.24, 2.45) is 0 Å². The molecule has 0 radical (unpaired) electrons. The predicted octanol–water partition coefficient (Wildman–Crippen LogP) is 3.49. The molecule has 0 atom stereocenters. The minimum atomic E-state index is -0.199. The largest absolute Gasteiger partial charge is 0.368 e. The van der Waals surface area contributed by atoms with Crippen LogP contribution in [0.2, 0.25) is 0 Å². The van der Waals surface area contributed by atoms with Crippen molar-refractivity contribution >= 4 is 11.6 Å². The molecule has 1 aromatic carbocycles. The smallest absolute Gasteiger partial charge is 0.244 e. The Balaban J connectivity index is 1.17. The second-order valence-electron chi connectivity index (χ2n) is 8.29. The van der Waals surface area contributed by atoms with Crippen molar-refractivity contribution < 1.29 is 4.39 Å². The number of halogens is 1. The van der Waals surface area contributed by atoms with Gasteiger partial charge < -0.3 is 9.80 Å². The standard InChI is InChI=1S/C22H28FN7/c23-19-6-8-20(9-7-19)27-12-14-28(15-13-27)22-24-16-30(26-22)17-29-11-10-21(25-29)18-4-2-1-3-5-18/h6-11,16,18H,1-5,12-15,17H2. The molecule has 5 rings (SSSR count). The van der Waals surface area contributed by atoms with Crippen LogP contribution < -0.4 is 9.80 Å². The molecule has 1 saturated carbocycles. The van der Waals surface area contributed by atoms with Crippen LogP contribution in [0, 0.1) is 5.82 Å². The number of aromatic nitrogens is 5. The normalized spacial score (nSPS) is 18.2. The fraction of sp³-hybridized carbons (Fsp3) is 0.500. The number of benzene rings is 1. The maximum absolute atomic E-state index is 13.1. The minimum Gasteiger partial charge on any atom is -0.368 e. The third-order valence-corrected chi connectivity index (χ3v) is 6.25. The predicted molar refractivity (Wildman–Crippen MR) is 114 cm³/mol. The van der Waals surface area contributed by atoms with Crippen molar-refractivity contribution in [3.8, 4) is 0 Å². The summed E-state index contributed by atoms with van der Waals surface area (Å²) in [6, 6.07) is 8.86. The van der Waals surface area contributed by atoms with Gasteiger partial charge in [0.05, 0.1) is 5.69 Å². The number of hydrogen-bond donors (Lipinski definition) is 0. The van der Waals surface area contributed by atoms with E-state index in [9.17, 15) is 4.39 Å². The molecule has 0 N–H and O–H groups in total. The van der Waals surface area contributed by atoms with Crippen LogP contribution >= 0.6 is 0 Å². The molecule has 2 fully saturated rings. The Hall–Kier alpha value is -2.90. The zero-order valence-electron chi connectivity index (χ0n) is 17.2. The summed E-state index contributed by atoms with van der Waals surface area (Å²) in [6.07, 6.45) is 10.3. The highest BCUT2D eigenvalue weighted by Gasteiger charge is 2.21. The summed E-state index contributed by atoms with van der Waals surface area (Å²) in [5.41, 5.74) is 2.27. The highest BCUT2D eigenvalue weighted by Crippen LogP contribution is 2.31. The van der Waals surface area contributed by atoms with Crippen molar-refractivity contribution in [2.45, 2.75) is 44.7 Å². The Morgan fingerprint density at radius 1 is 0.833 bits per heavy atom. The van der Waals surface area contributed by atoms with Crippen LogP contribution in [0.5, 0.6) is 0 Å². The SMILES string of the molecule is Fc1ccc(N2CCN(c3ncn(Cn4ccc(C5CCCCC5)n4)n3)CC2)cc1. The van der Waals surface area contributed by atoms with Crippen LogP contribution in [-0.2, 0) is 6.67 Å². The molecule has 0 amide bonds. The lowest BCUT2D eigenvalue weighted by Crippen LogP contribution is -2.47. The van der Waals surface area contributed by atoms with Crippen LogP contribution in [0.25, 0.3) is 0 Å². The molecular weight excluding hydrogens is 381 g/mol. The van der Waals surface area contributed by atoms with E-state index in [-0.39, 0.29) is 5.82 Å². The Labute approximate surface area is 176 Å². The zero-order valence-corrected chi connectivity index (χ0v) is 17.2. The van der Waals surface area contributed by atoms with E-state index < -0.39 is 0 Å². The Morgan fingerprint density at radius 2 is 1.57 bits per heavy atom. The third-order valence-electron chi connectivity index (χ3n) is 6.25. The molecule has 3 aromatic rings. The first kappa shape index (κ1) is 19.1. The number of anilines is 2. The molecule has 7 nitrogen and oxygen atoms in total. The molecular formula is C22H28FN7. The number of nitrogens with zero attached hydrogens (tertiary/aromatic N) is 7. The lowest BCUT2D eigenvalue weighted by Gasteiger charge is -2.35. The molecule has 0 unspecified atom stereocenters. The molecule has 2 aliphatic rings. The van der Waals surface area contributed by atoms with E-state index in [1.165, 1.54) is 49.9 Å². The van der Waals surface area contributed by atoms with Crippen molar-refractivity contribution in [3.05, 3.63) is 54.4 Å². The van der Waals surface area contributed by atoms with Gasteiger partial charge in [0.25, 0.3) is 0 Å². The van der Waals surface area contributed by atoms with Gasteiger partial charge in [-0.25, -0.2) is 14.1 Å². The molecule has 2 aromatic heterocycles. The van der Waals surface area contributed by atoms with Gasteiger partial charge in [-0.05, 0) is 43.2 Å². The van der Waals surface area contributed by atoms with E-state index in [0.717, 1.165) is 37.8 Å². The van der Waals surface area contributed by atoms with Gasteiger partial charge in [-0.1, -0.05) is 19.3 Å². The number of piperazine rings is 1. The fourth-order valence-electron chi connectivity index (χ4n) is 4.54. The van der Waals surface area contributed by atoms with Gasteiger partial charge >= 0.3 is 0 Å². The van der Waals surface area contributed by atoms with Gasteiger partial charge in [-0.15, -0.1) is 5.10 Å². The zero-order chi connectivity index (χ0) is 20.3. The Morgan fingerprint density at radius 3 is 2.33 bits per heavy atom. The monoisotopic (exact) mass is 409 g/mol. The summed E-state index contributed by atoms with van der Waals surface area (Å²) in [6.45, 7) is 3.99. The van der Waals surface area contributed by atoms with Crippen LogP contribution in [0.1, 0.15) is 43.7 Å². The Bertz CT molecular complexity index is 950. The highest BCUT2D eigenvalue weighted by molar-refractivity contribution is 5.48. The van der Waals surface area contributed by atoms with Gasteiger partial charge in [0.2, 0.25) is 5.95 Å². The summed E-state index contributed by atoms with van der Waals surface area (Å²) in [5.74, 6) is 1.17. The molecule has 0 bridgehead atoms. The van der Waals surface area contributed by atoms with Crippen LogP contribution in [0.15, 0.2) is 42.9 Å². The number of hydrogen-bond acceptors (Lipinski definition) is 5. The van der Waals surface area contributed by atoms with Gasteiger partial charge in [-0.3, -0.25) is 4.68 Å². The summed E-state index contributed by atoms with van der Waals surface area (Å²) >= 11 is 0. The maximum Gasteiger partial charge on any atom is 0.244 e. The van der Waals surface area contributed by atoms with E-state index in [1.807, 2.05) is 27.7 Å². The summed E-state index contributed by atoms with van der Waals surface area (Å²) in [4.78, 5) is 8.98. The van der Waals surface area contributed by atoms with Crippen LogP contribution in [-0.4, -0.2) is 50.7 Å². The van der Waals surface area contributed by atoms with E-state index in [1.54, 1.807) is 6.33 Å². The summed E-state index contributed by atoms with van der Waals surface area (Å²) in [5, 5.41) is 9.44. The molecule has 3 heterocycles. The fourth-order valence-corrected chi connectivity index (χ4v) is 4.54. The molecule has 30 heavy (non-hydrogen) atoms. The van der Waals surface area contributed by atoms with Crippen LogP contribution in [0.3, 0.4) is 0 Å². The topological polar surface area (TPSA) is 55.0 Å². The van der Waals surface area contributed by atoms with Crippen LogP contribution in [0.4, 0.5) is 16.0 Å². The maximum atomic E-state index is 13.1. The van der Waals surface area contributed by atoms with E-state index in [2.05, 4.69) is 25.9 Å². The second-order valence-corrected chi connectivity index (χ2v) is 8.29. The van der Waals surface area contributed by atoms with E-state index in [0.29, 0.717) is 12.6 Å². The molecule has 158 valence electrons. The molecule has 8 heteroatoms. The first-order chi connectivity index (χ1) is 14.7. The molecule has 1 aliphatic carbocycles. The average Bonchev–Trinajstić information content (AvgIpc) is 3.45. The van der Waals surface area contributed by atoms with Crippen molar-refractivity contribution in [2.75, 3.05) is 36.0 Å². The van der Waals surface area contributed by atoms with Gasteiger partial charge in [0.15, 0.2) is 0 Å². The highest BCUT2D eigenvalue weighted by atomic mass is 19.1. The lowest BCUT2D eigenvalue weighted by molar-refractivity contribution is 0.426. The second kappa shape index (κ2) is 8.45. The lowest BCUT2D eigenvalue weighted by atomic mass is 9.87. The summed E-state index contributed by atoms with van der Waals surface area (Å²) in [7, 11) is 0. The summed E-state index contributed by atoms with van der Waals surface area (Å²) < 4.78 is 16.9. The molecule has 0 spiro atoms. The third kappa shape index (κ3) is 4.17. The van der Waals surface area contributed by atoms with E-state index >= 15 is 0 Å². The molecule has 1 aliphatic heterocycles. The minimum absolute atomic E-state index is 0.199. The first-order valence-corrected chi connectivity index (χ1v) is 10.9. The first-order valence-electron chi connectivity index (χ1n) is 10.9. The quantitative estimate of drug-likeness (QED) is 0.646. The average molecular weight is 410 g/mol. The van der Waals surface area contributed by atoms with Crippen molar-refractivity contribution in [1.29, 1.82) is 0 Å². The van der Waals surface area contributed by atoms with Gasteiger partial charge in [0, 0.05) is 44.0 Å². The Kier molecular flexibility index (Phi) is 5.38. The van der Waals surface area contributed by atoms with Crippen molar-refractivity contribution in [3.63, 3.8) is 0 Å². The van der Waals surface area contributed by atoms with Gasteiger partial charge in [0.1, 0.15) is 18.8 Å². The molecule has 1 saturated heterocycles. The number of rotatable bonds is 5. The van der Waals surface area contributed by atoms with Gasteiger partial charge in [-0.2, -0.15) is 5.10 Å².